The molecule has 124 valence electrons. The van der Waals surface area contributed by atoms with E-state index in [1.165, 1.54) is 0 Å². The second-order valence-corrected chi connectivity index (χ2v) is 6.25. The van der Waals surface area contributed by atoms with E-state index >= 15 is 0 Å². The zero-order valence-corrected chi connectivity index (χ0v) is 14.4. The van der Waals surface area contributed by atoms with Crippen molar-refractivity contribution in [2.24, 2.45) is 0 Å². The van der Waals surface area contributed by atoms with E-state index in [4.69, 9.17) is 11.6 Å². The van der Waals surface area contributed by atoms with Crippen LogP contribution in [0.3, 0.4) is 0 Å². The lowest BCUT2D eigenvalue weighted by Gasteiger charge is -2.16. The standard InChI is InChI=1S/C18H18ClN3O2/c1-11-10-12(2)20-17(19)16(11)21-18(24)13-5-7-14(8-6-13)22-9-3-4-15(22)23/h5-8,10H,3-4,9H2,1-2H3,(H,21,24). The number of benzene rings is 1. The second kappa shape index (κ2) is 6.61. The number of nitrogens with one attached hydrogen (secondary N) is 1. The third-order valence-corrected chi connectivity index (χ3v) is 4.33. The maximum atomic E-state index is 12.4. The van der Waals surface area contributed by atoms with Crippen LogP contribution in [-0.4, -0.2) is 23.3 Å². The Hall–Kier alpha value is -2.40. The van der Waals surface area contributed by atoms with E-state index < -0.39 is 0 Å². The predicted molar refractivity (Wildman–Crippen MR) is 94.7 cm³/mol. The molecule has 0 bridgehead atoms. The van der Waals surface area contributed by atoms with Gasteiger partial charge in [-0.1, -0.05) is 11.6 Å². The number of anilines is 2. The number of rotatable bonds is 3. The lowest BCUT2D eigenvalue weighted by Crippen LogP contribution is -2.23. The van der Waals surface area contributed by atoms with Crippen molar-refractivity contribution in [3.8, 4) is 0 Å². The van der Waals surface area contributed by atoms with Crippen LogP contribution in [0.4, 0.5) is 11.4 Å². The number of aryl methyl sites for hydroxylation is 2. The van der Waals surface area contributed by atoms with Gasteiger partial charge in [-0.05, 0) is 56.2 Å². The maximum absolute atomic E-state index is 12.4. The molecule has 0 unspecified atom stereocenters. The number of carbonyl (C=O) groups is 2. The van der Waals surface area contributed by atoms with Crippen molar-refractivity contribution in [2.45, 2.75) is 26.7 Å². The molecular formula is C18H18ClN3O2. The molecule has 2 amide bonds. The van der Waals surface area contributed by atoms with Gasteiger partial charge in [0, 0.05) is 29.9 Å². The molecule has 1 aliphatic rings. The topological polar surface area (TPSA) is 62.3 Å². The summed E-state index contributed by atoms with van der Waals surface area (Å²) in [7, 11) is 0. The monoisotopic (exact) mass is 343 g/mol. The van der Waals surface area contributed by atoms with Crippen LogP contribution in [-0.2, 0) is 4.79 Å². The molecule has 5 nitrogen and oxygen atoms in total. The number of hydrogen-bond acceptors (Lipinski definition) is 3. The summed E-state index contributed by atoms with van der Waals surface area (Å²) in [6.45, 7) is 4.45. The van der Waals surface area contributed by atoms with Crippen molar-refractivity contribution in [2.75, 3.05) is 16.8 Å². The van der Waals surface area contributed by atoms with Gasteiger partial charge in [0.2, 0.25) is 5.91 Å². The quantitative estimate of drug-likeness (QED) is 0.864. The Morgan fingerprint density at radius 3 is 2.54 bits per heavy atom. The second-order valence-electron chi connectivity index (χ2n) is 5.90. The number of hydrogen-bond donors (Lipinski definition) is 1. The highest BCUT2D eigenvalue weighted by Gasteiger charge is 2.21. The largest absolute Gasteiger partial charge is 0.319 e. The van der Waals surface area contributed by atoms with E-state index in [-0.39, 0.29) is 17.0 Å². The number of pyridine rings is 1. The summed E-state index contributed by atoms with van der Waals surface area (Å²) in [5, 5.41) is 3.08. The van der Waals surface area contributed by atoms with Crippen LogP contribution in [0.1, 0.15) is 34.5 Å². The Morgan fingerprint density at radius 1 is 1.25 bits per heavy atom. The first-order valence-electron chi connectivity index (χ1n) is 7.81. The molecule has 3 rings (SSSR count). The molecule has 0 spiro atoms. The minimum absolute atomic E-state index is 0.125. The van der Waals surface area contributed by atoms with Gasteiger partial charge in [-0.25, -0.2) is 4.98 Å². The molecule has 1 saturated heterocycles. The molecule has 1 aromatic carbocycles. The van der Waals surface area contributed by atoms with Gasteiger partial charge in [0.1, 0.15) is 0 Å². The fourth-order valence-corrected chi connectivity index (χ4v) is 3.17. The molecular weight excluding hydrogens is 326 g/mol. The van der Waals surface area contributed by atoms with Crippen LogP contribution in [0, 0.1) is 13.8 Å². The van der Waals surface area contributed by atoms with E-state index in [1.807, 2.05) is 19.9 Å². The summed E-state index contributed by atoms with van der Waals surface area (Å²) >= 11 is 6.12. The Labute approximate surface area is 145 Å². The molecule has 1 aromatic heterocycles. The summed E-state index contributed by atoms with van der Waals surface area (Å²) < 4.78 is 0. The number of carbonyl (C=O) groups excluding carboxylic acids is 2. The third-order valence-electron chi connectivity index (χ3n) is 4.05. The average molecular weight is 344 g/mol. The van der Waals surface area contributed by atoms with Crippen LogP contribution in [0.2, 0.25) is 5.15 Å². The van der Waals surface area contributed by atoms with Crippen molar-refractivity contribution in [1.82, 2.24) is 4.98 Å². The number of nitrogens with zero attached hydrogens (tertiary/aromatic N) is 2. The summed E-state index contributed by atoms with van der Waals surface area (Å²) in [6, 6.07) is 8.87. The zero-order chi connectivity index (χ0) is 17.3. The van der Waals surface area contributed by atoms with E-state index in [0.717, 1.165) is 29.9 Å². The van der Waals surface area contributed by atoms with Gasteiger partial charge in [0.15, 0.2) is 5.15 Å². The van der Waals surface area contributed by atoms with Crippen LogP contribution >= 0.6 is 11.6 Å². The van der Waals surface area contributed by atoms with E-state index in [1.54, 1.807) is 29.2 Å². The van der Waals surface area contributed by atoms with Crippen molar-refractivity contribution < 1.29 is 9.59 Å². The van der Waals surface area contributed by atoms with Gasteiger partial charge in [-0.3, -0.25) is 9.59 Å². The summed E-state index contributed by atoms with van der Waals surface area (Å²) in [5.41, 5.74) is 3.50. The van der Waals surface area contributed by atoms with Gasteiger partial charge >= 0.3 is 0 Å². The molecule has 0 radical (unpaired) electrons. The summed E-state index contributed by atoms with van der Waals surface area (Å²) in [4.78, 5) is 30.1. The number of amides is 2. The minimum Gasteiger partial charge on any atom is -0.319 e. The molecule has 24 heavy (non-hydrogen) atoms. The Balaban J connectivity index is 1.77. The lowest BCUT2D eigenvalue weighted by molar-refractivity contribution is -0.117. The molecule has 1 N–H and O–H groups in total. The van der Waals surface area contributed by atoms with Crippen molar-refractivity contribution >= 4 is 34.8 Å². The highest BCUT2D eigenvalue weighted by molar-refractivity contribution is 6.33. The Bertz CT molecular complexity index is 779. The van der Waals surface area contributed by atoms with Crippen molar-refractivity contribution in [3.05, 3.63) is 52.3 Å². The van der Waals surface area contributed by atoms with Crippen molar-refractivity contribution in [3.63, 3.8) is 0 Å². The fraction of sp³-hybridized carbons (Fsp3) is 0.278. The van der Waals surface area contributed by atoms with E-state index in [9.17, 15) is 9.59 Å². The first-order valence-corrected chi connectivity index (χ1v) is 8.19. The highest BCUT2D eigenvalue weighted by atomic mass is 35.5. The van der Waals surface area contributed by atoms with Gasteiger partial charge in [0.05, 0.1) is 5.69 Å². The van der Waals surface area contributed by atoms with Crippen LogP contribution in [0.25, 0.3) is 0 Å². The molecule has 2 heterocycles. The van der Waals surface area contributed by atoms with Crippen LogP contribution < -0.4 is 10.2 Å². The van der Waals surface area contributed by atoms with E-state index in [2.05, 4.69) is 10.3 Å². The first-order chi connectivity index (χ1) is 11.5. The highest BCUT2D eigenvalue weighted by Crippen LogP contribution is 2.26. The Kier molecular flexibility index (Phi) is 4.53. The molecule has 0 atom stereocenters. The van der Waals surface area contributed by atoms with E-state index in [0.29, 0.717) is 17.7 Å². The number of aromatic nitrogens is 1. The predicted octanol–water partition coefficient (Wildman–Crippen LogP) is 3.73. The summed E-state index contributed by atoms with van der Waals surface area (Å²) in [6.07, 6.45) is 1.46. The fourth-order valence-electron chi connectivity index (χ4n) is 2.84. The maximum Gasteiger partial charge on any atom is 0.255 e. The molecule has 0 aliphatic carbocycles. The minimum atomic E-state index is -0.259. The Morgan fingerprint density at radius 2 is 1.96 bits per heavy atom. The van der Waals surface area contributed by atoms with Crippen LogP contribution in [0.5, 0.6) is 0 Å². The smallest absolute Gasteiger partial charge is 0.255 e. The average Bonchev–Trinajstić information content (AvgIpc) is 2.97. The van der Waals surface area contributed by atoms with Gasteiger partial charge < -0.3 is 10.2 Å². The molecule has 1 fully saturated rings. The van der Waals surface area contributed by atoms with Gasteiger partial charge in [-0.2, -0.15) is 0 Å². The molecule has 2 aromatic rings. The lowest BCUT2D eigenvalue weighted by atomic mass is 10.1. The molecule has 6 heteroatoms. The zero-order valence-electron chi connectivity index (χ0n) is 13.6. The third kappa shape index (κ3) is 3.26. The molecule has 1 aliphatic heterocycles. The number of halogens is 1. The first kappa shape index (κ1) is 16.5. The van der Waals surface area contributed by atoms with Gasteiger partial charge in [0.25, 0.3) is 5.91 Å². The van der Waals surface area contributed by atoms with Crippen LogP contribution in [0.15, 0.2) is 30.3 Å². The van der Waals surface area contributed by atoms with Crippen molar-refractivity contribution in [1.29, 1.82) is 0 Å². The SMILES string of the molecule is Cc1cc(C)c(NC(=O)c2ccc(N3CCCC3=O)cc2)c(Cl)n1. The summed E-state index contributed by atoms with van der Waals surface area (Å²) in [5.74, 6) is -0.134. The van der Waals surface area contributed by atoms with Gasteiger partial charge in [-0.15, -0.1) is 0 Å². The normalized spacial score (nSPS) is 14.1. The molecule has 0 saturated carbocycles.